The van der Waals surface area contributed by atoms with Gasteiger partial charge in [-0.25, -0.2) is 0 Å². The van der Waals surface area contributed by atoms with Gasteiger partial charge in [0.1, 0.15) is 0 Å². The molecule has 3 rings (SSSR count). The number of nitrogens with zero attached hydrogens (tertiary/aromatic N) is 3. The number of hydrogen-bond donors (Lipinski definition) is 1. The van der Waals surface area contributed by atoms with Crippen molar-refractivity contribution in [1.82, 2.24) is 15.1 Å². The summed E-state index contributed by atoms with van der Waals surface area (Å²) in [6, 6.07) is 4.05. The van der Waals surface area contributed by atoms with E-state index in [9.17, 15) is 4.79 Å². The highest BCUT2D eigenvalue weighted by molar-refractivity contribution is 7.15. The van der Waals surface area contributed by atoms with Crippen molar-refractivity contribution < 1.29 is 9.21 Å². The fraction of sp³-hybridized carbons (Fsp3) is 0.500. The van der Waals surface area contributed by atoms with E-state index in [4.69, 9.17) is 10.2 Å². The van der Waals surface area contributed by atoms with E-state index < -0.39 is 0 Å². The molecule has 112 valence electrons. The number of carbonyl (C=O) groups excluding carboxylic acids is 1. The van der Waals surface area contributed by atoms with Crippen molar-refractivity contribution in [3.05, 3.63) is 22.9 Å². The first-order valence-corrected chi connectivity index (χ1v) is 7.84. The first-order chi connectivity index (χ1) is 10.1. The second-order valence-electron chi connectivity index (χ2n) is 5.37. The topological polar surface area (TPSA) is 85.3 Å². The third-order valence-electron chi connectivity index (χ3n) is 3.71. The predicted molar refractivity (Wildman–Crippen MR) is 80.0 cm³/mol. The van der Waals surface area contributed by atoms with E-state index in [-0.39, 0.29) is 11.8 Å². The zero-order chi connectivity index (χ0) is 14.8. The van der Waals surface area contributed by atoms with E-state index in [0.717, 1.165) is 30.8 Å². The van der Waals surface area contributed by atoms with Crippen LogP contribution in [0.5, 0.6) is 0 Å². The molecular formula is C14H18N4O2S. The van der Waals surface area contributed by atoms with Crippen LogP contribution < -0.4 is 5.73 Å². The molecule has 21 heavy (non-hydrogen) atoms. The molecule has 0 spiro atoms. The first kappa shape index (κ1) is 14.2. The van der Waals surface area contributed by atoms with Crippen LogP contribution in [0.1, 0.15) is 29.5 Å². The van der Waals surface area contributed by atoms with Crippen molar-refractivity contribution in [2.75, 3.05) is 19.6 Å². The Morgan fingerprint density at radius 1 is 1.43 bits per heavy atom. The number of nitrogens with two attached hydrogens (primary N) is 1. The van der Waals surface area contributed by atoms with Gasteiger partial charge in [0, 0.05) is 10.8 Å². The molecular weight excluding hydrogens is 288 g/mol. The largest absolute Gasteiger partial charge is 0.420 e. The Morgan fingerprint density at radius 3 is 2.81 bits per heavy atom. The lowest BCUT2D eigenvalue weighted by molar-refractivity contribution is -0.119. The van der Waals surface area contributed by atoms with Crippen LogP contribution in [-0.4, -0.2) is 40.6 Å². The Morgan fingerprint density at radius 2 is 2.19 bits per heavy atom. The Labute approximate surface area is 127 Å². The van der Waals surface area contributed by atoms with Gasteiger partial charge in [-0.3, -0.25) is 9.69 Å². The number of primary amides is 1. The summed E-state index contributed by atoms with van der Waals surface area (Å²) in [6.07, 6.45) is 1.83. The average Bonchev–Trinajstić information content (AvgIpc) is 3.07. The summed E-state index contributed by atoms with van der Waals surface area (Å²) in [7, 11) is 0. The predicted octanol–water partition coefficient (Wildman–Crippen LogP) is 1.77. The minimum absolute atomic E-state index is 0.274. The molecule has 1 aliphatic heterocycles. The molecule has 7 heteroatoms. The summed E-state index contributed by atoms with van der Waals surface area (Å²) >= 11 is 1.65. The van der Waals surface area contributed by atoms with E-state index >= 15 is 0 Å². The quantitative estimate of drug-likeness (QED) is 0.930. The van der Waals surface area contributed by atoms with E-state index in [1.54, 1.807) is 11.3 Å². The molecule has 0 aromatic carbocycles. The van der Waals surface area contributed by atoms with Gasteiger partial charge in [0.05, 0.1) is 11.4 Å². The molecule has 1 aliphatic rings. The summed E-state index contributed by atoms with van der Waals surface area (Å²) in [5.41, 5.74) is 5.22. The molecule has 0 aliphatic carbocycles. The van der Waals surface area contributed by atoms with Crippen molar-refractivity contribution in [2.24, 2.45) is 5.73 Å². The fourth-order valence-electron chi connectivity index (χ4n) is 2.61. The Balaban J connectivity index is 1.64. The highest BCUT2D eigenvalue weighted by Crippen LogP contribution is 2.31. The van der Waals surface area contributed by atoms with Crippen LogP contribution >= 0.6 is 11.3 Å². The second kappa shape index (κ2) is 5.95. The standard InChI is InChI=1S/C14H18N4O2S/c1-9-2-3-11(21-9)14-17-16-13(20-14)10-4-6-18(7-5-10)8-12(15)19/h2-3,10H,4-8H2,1H3,(H2,15,19). The number of aryl methyl sites for hydroxylation is 1. The van der Waals surface area contributed by atoms with Crippen LogP contribution in [0.25, 0.3) is 10.8 Å². The van der Waals surface area contributed by atoms with Gasteiger partial charge < -0.3 is 10.2 Å². The van der Waals surface area contributed by atoms with Crippen LogP contribution in [0.3, 0.4) is 0 Å². The fourth-order valence-corrected chi connectivity index (χ4v) is 3.40. The smallest absolute Gasteiger partial charge is 0.257 e. The van der Waals surface area contributed by atoms with Crippen molar-refractivity contribution in [3.8, 4) is 10.8 Å². The van der Waals surface area contributed by atoms with Gasteiger partial charge in [-0.2, -0.15) is 0 Å². The Kier molecular flexibility index (Phi) is 4.03. The molecule has 0 atom stereocenters. The number of amides is 1. The number of piperidine rings is 1. The molecule has 2 N–H and O–H groups in total. The number of aromatic nitrogens is 2. The maximum Gasteiger partial charge on any atom is 0.257 e. The SMILES string of the molecule is Cc1ccc(-c2nnc(C3CCN(CC(N)=O)CC3)o2)s1. The van der Waals surface area contributed by atoms with Crippen LogP contribution in [0.2, 0.25) is 0 Å². The van der Waals surface area contributed by atoms with Crippen LogP contribution in [0, 0.1) is 6.92 Å². The molecule has 0 saturated carbocycles. The lowest BCUT2D eigenvalue weighted by Crippen LogP contribution is -2.39. The molecule has 3 heterocycles. The molecule has 0 bridgehead atoms. The zero-order valence-corrected chi connectivity index (χ0v) is 12.7. The second-order valence-corrected chi connectivity index (χ2v) is 6.66. The summed E-state index contributed by atoms with van der Waals surface area (Å²) in [4.78, 5) is 15.2. The van der Waals surface area contributed by atoms with Crippen LogP contribution in [0.15, 0.2) is 16.5 Å². The van der Waals surface area contributed by atoms with Crippen LogP contribution in [-0.2, 0) is 4.79 Å². The van der Waals surface area contributed by atoms with Crippen molar-refractivity contribution in [3.63, 3.8) is 0 Å². The lowest BCUT2D eigenvalue weighted by atomic mass is 9.97. The molecule has 1 saturated heterocycles. The van der Waals surface area contributed by atoms with Crippen molar-refractivity contribution >= 4 is 17.2 Å². The third-order valence-corrected chi connectivity index (χ3v) is 4.70. The summed E-state index contributed by atoms with van der Waals surface area (Å²) in [6.45, 7) is 4.06. The summed E-state index contributed by atoms with van der Waals surface area (Å²) < 4.78 is 5.82. The minimum Gasteiger partial charge on any atom is -0.420 e. The van der Waals surface area contributed by atoms with Crippen LogP contribution in [0.4, 0.5) is 0 Å². The number of likely N-dealkylation sites (tertiary alicyclic amines) is 1. The van der Waals surface area contributed by atoms with Crippen molar-refractivity contribution in [2.45, 2.75) is 25.7 Å². The van der Waals surface area contributed by atoms with Crippen molar-refractivity contribution in [1.29, 1.82) is 0 Å². The van der Waals surface area contributed by atoms with Gasteiger partial charge in [-0.1, -0.05) is 0 Å². The molecule has 2 aromatic rings. The minimum atomic E-state index is -0.276. The highest BCUT2D eigenvalue weighted by atomic mass is 32.1. The Bertz CT molecular complexity index is 628. The molecule has 0 radical (unpaired) electrons. The molecule has 1 fully saturated rings. The summed E-state index contributed by atoms with van der Waals surface area (Å²) in [5, 5.41) is 8.34. The zero-order valence-electron chi connectivity index (χ0n) is 11.9. The van der Waals surface area contributed by atoms with Gasteiger partial charge >= 0.3 is 0 Å². The third kappa shape index (κ3) is 3.30. The maximum atomic E-state index is 10.9. The monoisotopic (exact) mass is 306 g/mol. The number of carbonyl (C=O) groups is 1. The van der Waals surface area contributed by atoms with Gasteiger partial charge in [0.2, 0.25) is 11.8 Å². The Hall–Kier alpha value is -1.73. The average molecular weight is 306 g/mol. The number of hydrogen-bond acceptors (Lipinski definition) is 6. The highest BCUT2D eigenvalue weighted by Gasteiger charge is 2.25. The van der Waals surface area contributed by atoms with E-state index in [1.807, 2.05) is 12.1 Å². The van der Waals surface area contributed by atoms with Gasteiger partial charge in [0.15, 0.2) is 0 Å². The normalized spacial score (nSPS) is 17.2. The van der Waals surface area contributed by atoms with Gasteiger partial charge in [-0.05, 0) is 45.0 Å². The van der Waals surface area contributed by atoms with Gasteiger partial charge in [-0.15, -0.1) is 21.5 Å². The molecule has 2 aromatic heterocycles. The molecule has 0 unspecified atom stereocenters. The van der Waals surface area contributed by atoms with E-state index in [2.05, 4.69) is 22.0 Å². The molecule has 6 nitrogen and oxygen atoms in total. The maximum absolute atomic E-state index is 10.9. The lowest BCUT2D eigenvalue weighted by Gasteiger charge is -2.29. The molecule has 1 amide bonds. The summed E-state index contributed by atoms with van der Waals surface area (Å²) in [5.74, 6) is 1.30. The van der Waals surface area contributed by atoms with Gasteiger partial charge in [0.25, 0.3) is 5.89 Å². The van der Waals surface area contributed by atoms with E-state index in [1.165, 1.54) is 4.88 Å². The van der Waals surface area contributed by atoms with E-state index in [0.29, 0.717) is 18.3 Å². The first-order valence-electron chi connectivity index (χ1n) is 7.02. The number of thiophene rings is 1. The number of rotatable bonds is 4.